The van der Waals surface area contributed by atoms with Crippen LogP contribution in [0.5, 0.6) is 0 Å². The van der Waals surface area contributed by atoms with E-state index in [9.17, 15) is 8.42 Å². The summed E-state index contributed by atoms with van der Waals surface area (Å²) >= 11 is 0. The maximum absolute atomic E-state index is 10.9. The Hall–Kier alpha value is -0.0900. The van der Waals surface area contributed by atoms with Gasteiger partial charge in [-0.05, 0) is 38.1 Å². The lowest BCUT2D eigenvalue weighted by Crippen LogP contribution is -2.28. The highest BCUT2D eigenvalue weighted by atomic mass is 32.2. The van der Waals surface area contributed by atoms with Gasteiger partial charge in [0.1, 0.15) is 9.84 Å². The van der Waals surface area contributed by atoms with Gasteiger partial charge in [-0.3, -0.25) is 0 Å². The molecule has 15 heavy (non-hydrogen) atoms. The zero-order valence-corrected chi connectivity index (χ0v) is 10.6. The smallest absolute Gasteiger partial charge is 0.147 e. The fraction of sp³-hybridized carbons (Fsp3) is 1.00. The second-order valence-corrected chi connectivity index (χ2v) is 6.98. The van der Waals surface area contributed by atoms with Crippen LogP contribution in [0.2, 0.25) is 0 Å². The lowest BCUT2D eigenvalue weighted by molar-refractivity contribution is 0.477. The lowest BCUT2D eigenvalue weighted by Gasteiger charge is -2.12. The SMILES string of the molecule is CCC1CCC(NCCCS(C)(=O)=O)C1. The molecule has 2 unspecified atom stereocenters. The van der Waals surface area contributed by atoms with Crippen LogP contribution < -0.4 is 5.32 Å². The van der Waals surface area contributed by atoms with Gasteiger partial charge in [0.05, 0.1) is 5.75 Å². The molecule has 1 saturated carbocycles. The Labute approximate surface area is 93.6 Å². The van der Waals surface area contributed by atoms with E-state index in [2.05, 4.69) is 12.2 Å². The number of hydrogen-bond donors (Lipinski definition) is 1. The average Bonchev–Trinajstić information content (AvgIpc) is 2.59. The maximum atomic E-state index is 10.9. The van der Waals surface area contributed by atoms with E-state index in [1.54, 1.807) is 0 Å². The van der Waals surface area contributed by atoms with Crippen LogP contribution in [0, 0.1) is 5.92 Å². The highest BCUT2D eigenvalue weighted by Gasteiger charge is 2.22. The van der Waals surface area contributed by atoms with Gasteiger partial charge >= 0.3 is 0 Å². The van der Waals surface area contributed by atoms with Crippen molar-refractivity contribution in [3.8, 4) is 0 Å². The fourth-order valence-electron chi connectivity index (χ4n) is 2.27. The molecule has 0 aliphatic heterocycles. The monoisotopic (exact) mass is 233 g/mol. The topological polar surface area (TPSA) is 46.2 Å². The molecule has 90 valence electrons. The molecule has 2 atom stereocenters. The maximum Gasteiger partial charge on any atom is 0.147 e. The van der Waals surface area contributed by atoms with Crippen molar-refractivity contribution < 1.29 is 8.42 Å². The quantitative estimate of drug-likeness (QED) is 0.709. The summed E-state index contributed by atoms with van der Waals surface area (Å²) < 4.78 is 21.8. The van der Waals surface area contributed by atoms with Crippen molar-refractivity contribution in [2.75, 3.05) is 18.6 Å². The molecule has 0 aromatic carbocycles. The Bertz CT molecular complexity index is 274. The van der Waals surface area contributed by atoms with E-state index >= 15 is 0 Å². The molecular weight excluding hydrogens is 210 g/mol. The van der Waals surface area contributed by atoms with Crippen LogP contribution in [0.1, 0.15) is 39.0 Å². The van der Waals surface area contributed by atoms with Crippen LogP contribution in [0.25, 0.3) is 0 Å². The highest BCUT2D eigenvalue weighted by Crippen LogP contribution is 2.27. The third-order valence-corrected chi connectivity index (χ3v) is 4.27. The number of hydrogen-bond acceptors (Lipinski definition) is 3. The lowest BCUT2D eigenvalue weighted by atomic mass is 10.1. The van der Waals surface area contributed by atoms with Gasteiger partial charge in [0, 0.05) is 12.3 Å². The molecule has 0 aromatic rings. The van der Waals surface area contributed by atoms with Gasteiger partial charge in [-0.1, -0.05) is 13.3 Å². The largest absolute Gasteiger partial charge is 0.314 e. The van der Waals surface area contributed by atoms with Crippen molar-refractivity contribution in [3.05, 3.63) is 0 Å². The third kappa shape index (κ3) is 5.52. The molecule has 0 radical (unpaired) electrons. The predicted octanol–water partition coefficient (Wildman–Crippen LogP) is 1.59. The molecule has 0 aromatic heterocycles. The summed E-state index contributed by atoms with van der Waals surface area (Å²) in [6.07, 6.45) is 7.19. The van der Waals surface area contributed by atoms with Crippen LogP contribution >= 0.6 is 0 Å². The van der Waals surface area contributed by atoms with E-state index in [-0.39, 0.29) is 0 Å². The molecule has 1 aliphatic rings. The standard InChI is InChI=1S/C11H23NO2S/c1-3-10-5-6-11(9-10)12-7-4-8-15(2,13)14/h10-12H,3-9H2,1-2H3. The van der Waals surface area contributed by atoms with Gasteiger partial charge in [-0.25, -0.2) is 8.42 Å². The molecule has 0 amide bonds. The molecule has 0 saturated heterocycles. The van der Waals surface area contributed by atoms with E-state index in [4.69, 9.17) is 0 Å². The second kappa shape index (κ2) is 5.85. The van der Waals surface area contributed by atoms with E-state index < -0.39 is 9.84 Å². The molecule has 4 heteroatoms. The van der Waals surface area contributed by atoms with E-state index in [1.165, 1.54) is 31.9 Å². The van der Waals surface area contributed by atoms with Gasteiger partial charge in [0.15, 0.2) is 0 Å². The zero-order chi connectivity index (χ0) is 11.3. The fourth-order valence-corrected chi connectivity index (χ4v) is 2.94. The molecule has 3 nitrogen and oxygen atoms in total. The highest BCUT2D eigenvalue weighted by molar-refractivity contribution is 7.90. The van der Waals surface area contributed by atoms with Gasteiger partial charge in [0.2, 0.25) is 0 Å². The van der Waals surface area contributed by atoms with Gasteiger partial charge < -0.3 is 5.32 Å². The minimum Gasteiger partial charge on any atom is -0.314 e. The number of sulfone groups is 1. The predicted molar refractivity (Wildman–Crippen MR) is 63.8 cm³/mol. The van der Waals surface area contributed by atoms with E-state index in [0.29, 0.717) is 11.8 Å². The summed E-state index contributed by atoms with van der Waals surface area (Å²) in [4.78, 5) is 0. The van der Waals surface area contributed by atoms with Crippen LogP contribution in [-0.4, -0.2) is 33.0 Å². The third-order valence-electron chi connectivity index (χ3n) is 3.24. The first-order valence-electron chi connectivity index (χ1n) is 5.92. The molecule has 0 heterocycles. The summed E-state index contributed by atoms with van der Waals surface area (Å²) in [7, 11) is -2.78. The molecule has 1 aliphatic carbocycles. The molecular formula is C11H23NO2S. The summed E-state index contributed by atoms with van der Waals surface area (Å²) in [6.45, 7) is 3.09. The van der Waals surface area contributed by atoms with Crippen molar-refractivity contribution in [2.45, 2.75) is 45.1 Å². The summed E-state index contributed by atoms with van der Waals surface area (Å²) in [6, 6.07) is 0.634. The average molecular weight is 233 g/mol. The number of rotatable bonds is 6. The van der Waals surface area contributed by atoms with Crippen LogP contribution in [-0.2, 0) is 9.84 Å². The molecule has 0 bridgehead atoms. The first kappa shape index (κ1) is 13.0. The van der Waals surface area contributed by atoms with Crippen LogP contribution in [0.3, 0.4) is 0 Å². The Balaban J connectivity index is 2.07. The van der Waals surface area contributed by atoms with E-state index in [0.717, 1.165) is 18.9 Å². The summed E-state index contributed by atoms with van der Waals surface area (Å²) in [5, 5.41) is 3.45. The molecule has 1 rings (SSSR count). The van der Waals surface area contributed by atoms with E-state index in [1.807, 2.05) is 0 Å². The molecule has 0 spiro atoms. The van der Waals surface area contributed by atoms with Crippen molar-refractivity contribution in [1.82, 2.24) is 5.32 Å². The Morgan fingerprint density at radius 2 is 2.07 bits per heavy atom. The molecule has 1 fully saturated rings. The van der Waals surface area contributed by atoms with Crippen molar-refractivity contribution in [3.63, 3.8) is 0 Å². The van der Waals surface area contributed by atoms with Gasteiger partial charge in [-0.15, -0.1) is 0 Å². The Morgan fingerprint density at radius 1 is 1.33 bits per heavy atom. The van der Waals surface area contributed by atoms with Crippen molar-refractivity contribution in [2.24, 2.45) is 5.92 Å². The second-order valence-electron chi connectivity index (χ2n) is 4.72. The Morgan fingerprint density at radius 3 is 2.60 bits per heavy atom. The molecule has 1 N–H and O–H groups in total. The van der Waals surface area contributed by atoms with Gasteiger partial charge in [-0.2, -0.15) is 0 Å². The minimum atomic E-state index is -2.78. The van der Waals surface area contributed by atoms with Crippen molar-refractivity contribution in [1.29, 1.82) is 0 Å². The Kier molecular flexibility index (Phi) is 5.06. The van der Waals surface area contributed by atoms with Crippen LogP contribution in [0.15, 0.2) is 0 Å². The normalized spacial score (nSPS) is 27.1. The summed E-state index contributed by atoms with van der Waals surface area (Å²) in [5.41, 5.74) is 0. The first-order chi connectivity index (χ1) is 7.01. The first-order valence-corrected chi connectivity index (χ1v) is 7.98. The van der Waals surface area contributed by atoms with Gasteiger partial charge in [0.25, 0.3) is 0 Å². The zero-order valence-electron chi connectivity index (χ0n) is 9.83. The van der Waals surface area contributed by atoms with Crippen LogP contribution in [0.4, 0.5) is 0 Å². The summed E-state index contributed by atoms with van der Waals surface area (Å²) in [5.74, 6) is 1.20. The van der Waals surface area contributed by atoms with Crippen molar-refractivity contribution >= 4 is 9.84 Å². The minimum absolute atomic E-state index is 0.309. The number of nitrogens with one attached hydrogen (secondary N) is 1.